The average molecular weight is 308 g/mol. The van der Waals surface area contributed by atoms with E-state index in [2.05, 4.69) is 0 Å². The molecule has 22 heavy (non-hydrogen) atoms. The van der Waals surface area contributed by atoms with E-state index in [9.17, 15) is 23.1 Å². The Kier molecular flexibility index (Phi) is 4.00. The summed E-state index contributed by atoms with van der Waals surface area (Å²) in [5.41, 5.74) is -0.118. The summed E-state index contributed by atoms with van der Waals surface area (Å²) in [5, 5.41) is 9.18. The van der Waals surface area contributed by atoms with Gasteiger partial charge < -0.3 is 5.11 Å². The van der Waals surface area contributed by atoms with Gasteiger partial charge in [0.05, 0.1) is 11.0 Å². The van der Waals surface area contributed by atoms with Gasteiger partial charge in [-0.05, 0) is 42.7 Å². The molecule has 0 heterocycles. The normalized spacial score (nSPS) is 12.2. The van der Waals surface area contributed by atoms with Crippen molar-refractivity contribution in [3.63, 3.8) is 0 Å². The minimum Gasteiger partial charge on any atom is -0.481 e. The number of carboxylic acid groups (broad SMARTS) is 1. The molecule has 0 saturated carbocycles. The third kappa shape index (κ3) is 3.13. The first-order chi connectivity index (χ1) is 10.1. The van der Waals surface area contributed by atoms with Crippen LogP contribution in [0.2, 0.25) is 0 Å². The summed E-state index contributed by atoms with van der Waals surface area (Å²) in [6.07, 6.45) is -4.39. The second kappa shape index (κ2) is 5.48. The van der Waals surface area contributed by atoms with Crippen LogP contribution in [-0.4, -0.2) is 11.1 Å². The van der Waals surface area contributed by atoms with Crippen molar-refractivity contribution >= 4 is 5.97 Å². The van der Waals surface area contributed by atoms with Gasteiger partial charge in [0.25, 0.3) is 0 Å². The van der Waals surface area contributed by atoms with Crippen molar-refractivity contribution in [1.82, 2.24) is 0 Å². The van der Waals surface area contributed by atoms with Gasteiger partial charge in [0.2, 0.25) is 0 Å². The van der Waals surface area contributed by atoms with Crippen molar-refractivity contribution in [2.45, 2.75) is 25.4 Å². The Hall–Kier alpha value is -2.30. The zero-order chi connectivity index (χ0) is 16.5. The van der Waals surface area contributed by atoms with Crippen molar-refractivity contribution < 1.29 is 23.1 Å². The SMILES string of the molecule is CC(C)(C(=O)O)c1ccc(-c2cccc(C(F)(F)F)c2)cc1. The van der Waals surface area contributed by atoms with Crippen LogP contribution in [0, 0.1) is 0 Å². The number of hydrogen-bond donors (Lipinski definition) is 1. The van der Waals surface area contributed by atoms with Crippen LogP contribution >= 0.6 is 0 Å². The third-order valence-electron chi connectivity index (χ3n) is 3.66. The molecule has 0 unspecified atom stereocenters. The summed E-state index contributed by atoms with van der Waals surface area (Å²) in [6.45, 7) is 3.16. The number of aliphatic carboxylic acids is 1. The third-order valence-corrected chi connectivity index (χ3v) is 3.66. The van der Waals surface area contributed by atoms with E-state index in [1.807, 2.05) is 0 Å². The van der Waals surface area contributed by atoms with Gasteiger partial charge in [0.1, 0.15) is 0 Å². The van der Waals surface area contributed by atoms with Gasteiger partial charge >= 0.3 is 12.1 Å². The fraction of sp³-hybridized carbons (Fsp3) is 0.235. The molecule has 2 nitrogen and oxygen atoms in total. The smallest absolute Gasteiger partial charge is 0.416 e. The second-order valence-electron chi connectivity index (χ2n) is 5.59. The second-order valence-corrected chi connectivity index (χ2v) is 5.59. The number of carbonyl (C=O) groups is 1. The molecule has 0 radical (unpaired) electrons. The standard InChI is InChI=1S/C17H15F3O2/c1-16(2,15(21)22)13-8-6-11(7-9-13)12-4-3-5-14(10-12)17(18,19)20/h3-10H,1-2H3,(H,21,22). The lowest BCUT2D eigenvalue weighted by atomic mass is 9.84. The van der Waals surface area contributed by atoms with E-state index in [1.165, 1.54) is 6.07 Å². The summed E-state index contributed by atoms with van der Waals surface area (Å²) in [5.74, 6) is -0.959. The molecule has 0 saturated heterocycles. The van der Waals surface area contributed by atoms with Crippen molar-refractivity contribution in [2.24, 2.45) is 0 Å². The number of halogens is 3. The largest absolute Gasteiger partial charge is 0.481 e. The molecule has 0 aromatic heterocycles. The van der Waals surface area contributed by atoms with Crippen molar-refractivity contribution in [1.29, 1.82) is 0 Å². The lowest BCUT2D eigenvalue weighted by Gasteiger charge is -2.20. The number of rotatable bonds is 3. The maximum Gasteiger partial charge on any atom is 0.416 e. The van der Waals surface area contributed by atoms with Crippen LogP contribution < -0.4 is 0 Å². The first-order valence-corrected chi connectivity index (χ1v) is 6.64. The molecule has 5 heteroatoms. The quantitative estimate of drug-likeness (QED) is 0.889. The van der Waals surface area contributed by atoms with Crippen LogP contribution in [0.25, 0.3) is 11.1 Å². The van der Waals surface area contributed by atoms with Gasteiger partial charge in [-0.25, -0.2) is 0 Å². The maximum atomic E-state index is 12.7. The lowest BCUT2D eigenvalue weighted by molar-refractivity contribution is -0.142. The predicted molar refractivity (Wildman–Crippen MR) is 77.5 cm³/mol. The molecule has 0 fully saturated rings. The van der Waals surface area contributed by atoms with E-state index in [4.69, 9.17) is 0 Å². The minimum atomic E-state index is -4.39. The molecular weight excluding hydrogens is 293 g/mol. The molecule has 1 N–H and O–H groups in total. The monoisotopic (exact) mass is 308 g/mol. The molecule has 0 aliphatic heterocycles. The van der Waals surface area contributed by atoms with E-state index in [1.54, 1.807) is 44.2 Å². The van der Waals surface area contributed by atoms with Crippen LogP contribution in [0.1, 0.15) is 25.0 Å². The van der Waals surface area contributed by atoms with Crippen LogP contribution in [-0.2, 0) is 16.4 Å². The molecule has 0 aliphatic carbocycles. The number of benzene rings is 2. The summed E-state index contributed by atoms with van der Waals surface area (Å²) in [6, 6.07) is 11.6. The number of hydrogen-bond acceptors (Lipinski definition) is 1. The molecule has 2 aromatic rings. The van der Waals surface area contributed by atoms with Crippen molar-refractivity contribution in [3.05, 3.63) is 59.7 Å². The molecule has 0 bridgehead atoms. The molecule has 0 aliphatic rings. The minimum absolute atomic E-state index is 0.439. The predicted octanol–water partition coefficient (Wildman–Crippen LogP) is 4.73. The molecular formula is C17H15F3O2. The first kappa shape index (κ1) is 16.1. The molecule has 0 atom stereocenters. The van der Waals surface area contributed by atoms with E-state index in [0.717, 1.165) is 12.1 Å². The summed E-state index contributed by atoms with van der Waals surface area (Å²) < 4.78 is 38.2. The van der Waals surface area contributed by atoms with E-state index in [0.29, 0.717) is 16.7 Å². The maximum absolute atomic E-state index is 12.7. The Labute approximate surface area is 126 Å². The van der Waals surface area contributed by atoms with Gasteiger partial charge in [-0.2, -0.15) is 13.2 Å². The Bertz CT molecular complexity index is 686. The molecule has 2 rings (SSSR count). The summed E-state index contributed by atoms with van der Waals surface area (Å²) in [4.78, 5) is 11.2. The van der Waals surface area contributed by atoms with E-state index < -0.39 is 23.1 Å². The van der Waals surface area contributed by atoms with E-state index >= 15 is 0 Å². The average Bonchev–Trinajstić information content (AvgIpc) is 2.46. The number of alkyl halides is 3. The topological polar surface area (TPSA) is 37.3 Å². The first-order valence-electron chi connectivity index (χ1n) is 6.64. The Morgan fingerprint density at radius 3 is 2.00 bits per heavy atom. The highest BCUT2D eigenvalue weighted by molar-refractivity contribution is 5.80. The Balaban J connectivity index is 2.38. The van der Waals surface area contributed by atoms with Crippen LogP contribution in [0.5, 0.6) is 0 Å². The highest BCUT2D eigenvalue weighted by Crippen LogP contribution is 2.33. The lowest BCUT2D eigenvalue weighted by Crippen LogP contribution is -2.28. The Morgan fingerprint density at radius 2 is 1.50 bits per heavy atom. The molecule has 0 spiro atoms. The van der Waals surface area contributed by atoms with Crippen molar-refractivity contribution in [2.75, 3.05) is 0 Å². The molecule has 0 amide bonds. The van der Waals surface area contributed by atoms with Crippen LogP contribution in [0.15, 0.2) is 48.5 Å². The van der Waals surface area contributed by atoms with Gasteiger partial charge in [-0.1, -0.05) is 36.4 Å². The number of carboxylic acids is 1. The Morgan fingerprint density at radius 1 is 0.909 bits per heavy atom. The fourth-order valence-corrected chi connectivity index (χ4v) is 2.08. The summed E-state index contributed by atoms with van der Waals surface area (Å²) >= 11 is 0. The zero-order valence-corrected chi connectivity index (χ0v) is 12.1. The van der Waals surface area contributed by atoms with Gasteiger partial charge in [0, 0.05) is 0 Å². The fourth-order valence-electron chi connectivity index (χ4n) is 2.08. The van der Waals surface area contributed by atoms with Crippen molar-refractivity contribution in [3.8, 4) is 11.1 Å². The van der Waals surface area contributed by atoms with E-state index in [-0.39, 0.29) is 0 Å². The zero-order valence-electron chi connectivity index (χ0n) is 12.1. The molecule has 116 valence electrons. The van der Waals surface area contributed by atoms with Gasteiger partial charge in [-0.15, -0.1) is 0 Å². The van der Waals surface area contributed by atoms with Gasteiger partial charge in [-0.3, -0.25) is 4.79 Å². The summed E-state index contributed by atoms with van der Waals surface area (Å²) in [7, 11) is 0. The van der Waals surface area contributed by atoms with Crippen LogP contribution in [0.4, 0.5) is 13.2 Å². The highest BCUT2D eigenvalue weighted by Gasteiger charge is 2.31. The molecule has 2 aromatic carbocycles. The van der Waals surface area contributed by atoms with Gasteiger partial charge in [0.15, 0.2) is 0 Å². The highest BCUT2D eigenvalue weighted by atomic mass is 19.4. The van der Waals surface area contributed by atoms with Crippen LogP contribution in [0.3, 0.4) is 0 Å².